The van der Waals surface area contributed by atoms with Crippen LogP contribution in [-0.2, 0) is 23.7 Å². The molecular weight excluding hydrogens is 636 g/mol. The number of Topliss-reactive ketones (excluding diaryl/α,β-unsaturated/α-hetero) is 1. The first-order chi connectivity index (χ1) is 23.0. The van der Waals surface area contributed by atoms with Crippen LogP contribution >= 0.6 is 0 Å². The Morgan fingerprint density at radius 1 is 0.898 bits per heavy atom. The van der Waals surface area contributed by atoms with E-state index in [1.54, 1.807) is 6.92 Å². The van der Waals surface area contributed by atoms with E-state index < -0.39 is 72.2 Å². The SMILES string of the molecule is CC(C)CCC(=O)[C@@H](C)[C@@]1(O)[C@@H](O[C@@H]2OC[C@H](O)[C@@H](O[C@@H]3OC[C@@H](O)[C@H](O)[C@@H]3O)[C@H]2O)C[C@H]2[C@@H]3CC=C4C[C@@H](O)CC[C@]4(C)[C@H]3CC[C@@]21C. The highest BCUT2D eigenvalue weighted by molar-refractivity contribution is 5.82. The van der Waals surface area contributed by atoms with Gasteiger partial charge in [-0.2, -0.15) is 0 Å². The fourth-order valence-electron chi connectivity index (χ4n) is 10.8. The maximum absolute atomic E-state index is 13.8. The van der Waals surface area contributed by atoms with E-state index in [4.69, 9.17) is 18.9 Å². The van der Waals surface area contributed by atoms with Gasteiger partial charge in [0.1, 0.15) is 48.0 Å². The average Bonchev–Trinajstić information content (AvgIpc) is 3.29. The van der Waals surface area contributed by atoms with E-state index in [0.717, 1.165) is 25.7 Å². The molecule has 0 unspecified atom stereocenters. The van der Waals surface area contributed by atoms with Crippen molar-refractivity contribution in [3.8, 4) is 0 Å². The standard InChI is InChI=1S/C37H60O12/c1-18(2)6-9-25(39)19(3)37(45)28(48-34-31(44)32(27(41)17-47-34)49-33-30(43)29(42)26(40)16-46-33)15-24-22-8-7-20-14-21(38)10-12-35(20,4)23(22)11-13-36(24,37)5/h7,18-19,21-24,26-34,38,40-45H,6,8-17H2,1-5H3/t19-,21+,22-,23+,24+,26-,27+,28+,29+,30+,31-,32-,33+,34+,35+,36+,37-/m1/s1. The van der Waals surface area contributed by atoms with Gasteiger partial charge < -0.3 is 54.7 Å². The Kier molecular flexibility index (Phi) is 10.8. The zero-order chi connectivity index (χ0) is 35.6. The molecule has 0 radical (unpaired) electrons. The van der Waals surface area contributed by atoms with E-state index in [2.05, 4.69) is 33.8 Å². The summed E-state index contributed by atoms with van der Waals surface area (Å²) in [6, 6.07) is 0. The first kappa shape index (κ1) is 37.7. The molecule has 17 atom stereocenters. The highest BCUT2D eigenvalue weighted by Gasteiger charge is 2.70. The van der Waals surface area contributed by atoms with Gasteiger partial charge in [0.25, 0.3) is 0 Å². The van der Waals surface area contributed by atoms with Crippen molar-refractivity contribution in [1.29, 1.82) is 0 Å². The van der Waals surface area contributed by atoms with Crippen molar-refractivity contribution in [3.63, 3.8) is 0 Å². The van der Waals surface area contributed by atoms with Gasteiger partial charge in [0.05, 0.1) is 25.4 Å². The molecule has 6 rings (SSSR count). The van der Waals surface area contributed by atoms with E-state index in [1.807, 2.05) is 0 Å². The number of allylic oxidation sites excluding steroid dienone is 1. The van der Waals surface area contributed by atoms with Crippen LogP contribution in [-0.4, -0.2) is 122 Å². The second-order valence-electron chi connectivity index (χ2n) is 17.0. The first-order valence-corrected chi connectivity index (χ1v) is 18.6. The van der Waals surface area contributed by atoms with Gasteiger partial charge in [0.2, 0.25) is 0 Å². The second-order valence-corrected chi connectivity index (χ2v) is 17.0. The van der Waals surface area contributed by atoms with Crippen molar-refractivity contribution in [3.05, 3.63) is 11.6 Å². The molecule has 0 amide bonds. The molecule has 4 aliphatic carbocycles. The summed E-state index contributed by atoms with van der Waals surface area (Å²) in [4.78, 5) is 13.8. The lowest BCUT2D eigenvalue weighted by atomic mass is 9.46. The summed E-state index contributed by atoms with van der Waals surface area (Å²) in [5.41, 5.74) is -0.944. The van der Waals surface area contributed by atoms with Crippen LogP contribution in [0.1, 0.15) is 92.4 Å². The van der Waals surface area contributed by atoms with Crippen molar-refractivity contribution in [2.24, 2.45) is 40.4 Å². The zero-order valence-corrected chi connectivity index (χ0v) is 29.7. The molecule has 12 heteroatoms. The minimum atomic E-state index is -1.63. The summed E-state index contributed by atoms with van der Waals surface area (Å²) < 4.78 is 23.6. The Balaban J connectivity index is 1.28. The fourth-order valence-corrected chi connectivity index (χ4v) is 10.8. The summed E-state index contributed by atoms with van der Waals surface area (Å²) in [6.45, 7) is 9.78. The molecule has 49 heavy (non-hydrogen) atoms. The van der Waals surface area contributed by atoms with Crippen molar-refractivity contribution in [1.82, 2.24) is 0 Å². The molecule has 12 nitrogen and oxygen atoms in total. The van der Waals surface area contributed by atoms with Crippen molar-refractivity contribution in [2.75, 3.05) is 13.2 Å². The number of aliphatic hydroxyl groups excluding tert-OH is 6. The smallest absolute Gasteiger partial charge is 0.186 e. The molecule has 2 saturated heterocycles. The van der Waals surface area contributed by atoms with Crippen LogP contribution in [0.2, 0.25) is 0 Å². The van der Waals surface area contributed by atoms with Crippen LogP contribution in [0.3, 0.4) is 0 Å². The molecule has 5 fully saturated rings. The summed E-state index contributed by atoms with van der Waals surface area (Å²) in [5.74, 6) is 0.160. The highest BCUT2D eigenvalue weighted by Crippen LogP contribution is 2.69. The number of hydrogen-bond donors (Lipinski definition) is 7. The van der Waals surface area contributed by atoms with Crippen LogP contribution in [0, 0.1) is 40.4 Å². The predicted octanol–water partition coefficient (Wildman–Crippen LogP) is 1.58. The van der Waals surface area contributed by atoms with Gasteiger partial charge in [-0.1, -0.05) is 46.3 Å². The lowest BCUT2D eigenvalue weighted by molar-refractivity contribution is -0.344. The molecule has 3 saturated carbocycles. The number of ketones is 1. The Labute approximate surface area is 289 Å². The molecule has 2 aliphatic heterocycles. The number of carbonyl (C=O) groups excluding carboxylic acids is 1. The molecule has 0 aromatic carbocycles. The minimum Gasteiger partial charge on any atom is -0.393 e. The predicted molar refractivity (Wildman–Crippen MR) is 176 cm³/mol. The number of hydrogen-bond acceptors (Lipinski definition) is 12. The minimum absolute atomic E-state index is 0.0140. The Hall–Kier alpha value is -1.03. The normalized spacial score (nSPS) is 50.6. The average molecular weight is 697 g/mol. The van der Waals surface area contributed by atoms with Crippen molar-refractivity contribution < 1.29 is 59.5 Å². The summed E-state index contributed by atoms with van der Waals surface area (Å²) in [5, 5.41) is 76.2. The molecule has 6 aliphatic rings. The maximum Gasteiger partial charge on any atom is 0.186 e. The lowest BCUT2D eigenvalue weighted by Gasteiger charge is -2.59. The molecular formula is C37H60O12. The summed E-state index contributed by atoms with van der Waals surface area (Å²) in [7, 11) is 0. The number of fused-ring (bicyclic) bond motifs is 5. The maximum atomic E-state index is 13.8. The van der Waals surface area contributed by atoms with Gasteiger partial charge in [-0.15, -0.1) is 0 Å². The Morgan fingerprint density at radius 2 is 1.57 bits per heavy atom. The molecule has 7 N–H and O–H groups in total. The van der Waals surface area contributed by atoms with Crippen LogP contribution < -0.4 is 0 Å². The fraction of sp³-hybridized carbons (Fsp3) is 0.919. The monoisotopic (exact) mass is 696 g/mol. The Bertz CT molecular complexity index is 1230. The summed E-state index contributed by atoms with van der Waals surface area (Å²) >= 11 is 0. The third kappa shape index (κ3) is 6.38. The zero-order valence-electron chi connectivity index (χ0n) is 29.7. The van der Waals surface area contributed by atoms with Gasteiger partial charge in [0, 0.05) is 17.8 Å². The van der Waals surface area contributed by atoms with Crippen LogP contribution in [0.15, 0.2) is 11.6 Å². The molecule has 0 aromatic rings. The second kappa shape index (κ2) is 14.1. The number of carbonyl (C=O) groups is 1. The van der Waals surface area contributed by atoms with E-state index in [1.165, 1.54) is 5.57 Å². The third-order valence-corrected chi connectivity index (χ3v) is 13.9. The quantitative estimate of drug-likeness (QED) is 0.172. The molecule has 0 bridgehead atoms. The van der Waals surface area contributed by atoms with Crippen LogP contribution in [0.4, 0.5) is 0 Å². The number of rotatable bonds is 9. The largest absolute Gasteiger partial charge is 0.393 e. The van der Waals surface area contributed by atoms with Crippen molar-refractivity contribution >= 4 is 5.78 Å². The molecule has 280 valence electrons. The molecule has 0 aromatic heterocycles. The van der Waals surface area contributed by atoms with E-state index >= 15 is 0 Å². The van der Waals surface area contributed by atoms with Gasteiger partial charge >= 0.3 is 0 Å². The number of ether oxygens (including phenoxy) is 4. The molecule has 2 heterocycles. The Morgan fingerprint density at radius 3 is 2.27 bits per heavy atom. The first-order valence-electron chi connectivity index (χ1n) is 18.6. The third-order valence-electron chi connectivity index (χ3n) is 13.9. The van der Waals surface area contributed by atoms with E-state index in [9.17, 15) is 40.5 Å². The van der Waals surface area contributed by atoms with E-state index in [0.29, 0.717) is 43.9 Å². The van der Waals surface area contributed by atoms with Gasteiger partial charge in [-0.25, -0.2) is 0 Å². The van der Waals surface area contributed by atoms with Gasteiger partial charge in [-0.05, 0) is 80.5 Å². The topological polar surface area (TPSA) is 196 Å². The highest BCUT2D eigenvalue weighted by atomic mass is 16.7. The van der Waals surface area contributed by atoms with E-state index in [-0.39, 0.29) is 42.4 Å². The number of aliphatic hydroxyl groups is 7. The van der Waals surface area contributed by atoms with Crippen LogP contribution in [0.5, 0.6) is 0 Å². The van der Waals surface area contributed by atoms with Gasteiger partial charge in [-0.3, -0.25) is 4.79 Å². The molecule has 0 spiro atoms. The van der Waals surface area contributed by atoms with Crippen molar-refractivity contribution in [2.45, 2.75) is 159 Å². The lowest BCUT2D eigenvalue weighted by Crippen LogP contribution is -2.63. The van der Waals surface area contributed by atoms with Crippen LogP contribution in [0.25, 0.3) is 0 Å². The summed E-state index contributed by atoms with van der Waals surface area (Å²) in [6.07, 6.45) is -4.08. The van der Waals surface area contributed by atoms with Gasteiger partial charge in [0.15, 0.2) is 12.6 Å².